The van der Waals surface area contributed by atoms with Gasteiger partial charge in [-0.25, -0.2) is 4.79 Å². The first kappa shape index (κ1) is 14.7. The van der Waals surface area contributed by atoms with Crippen molar-refractivity contribution in [1.82, 2.24) is 4.90 Å². The smallest absolute Gasteiger partial charge is 0.338 e. The van der Waals surface area contributed by atoms with Crippen LogP contribution in [0.2, 0.25) is 0 Å². The highest BCUT2D eigenvalue weighted by Crippen LogP contribution is 2.21. The van der Waals surface area contributed by atoms with Crippen LogP contribution >= 0.6 is 0 Å². The molecule has 0 unspecified atom stereocenters. The first-order valence-corrected chi connectivity index (χ1v) is 7.01. The monoisotopic (exact) mass is 278 g/mol. The summed E-state index contributed by atoms with van der Waals surface area (Å²) in [5.41, 5.74) is 6.74. The molecule has 1 fully saturated rings. The van der Waals surface area contributed by atoms with Crippen LogP contribution in [0.15, 0.2) is 18.2 Å². The molecule has 110 valence electrons. The largest absolute Gasteiger partial charge is 0.494 e. The lowest BCUT2D eigenvalue weighted by molar-refractivity contribution is 0.0139. The summed E-state index contributed by atoms with van der Waals surface area (Å²) in [5.74, 6) is 0.274. The number of ether oxygens (including phenoxy) is 2. The molecule has 2 rings (SSSR count). The van der Waals surface area contributed by atoms with Crippen molar-refractivity contribution in [3.63, 3.8) is 0 Å². The predicted octanol–water partition coefficient (Wildman–Crippen LogP) is 1.92. The number of carbonyl (C=O) groups is 1. The number of likely N-dealkylation sites (tertiary alicyclic amines) is 1. The molecule has 2 N–H and O–H groups in total. The van der Waals surface area contributed by atoms with Crippen molar-refractivity contribution in [3.05, 3.63) is 23.8 Å². The third kappa shape index (κ3) is 3.87. The number of hydrogen-bond acceptors (Lipinski definition) is 5. The lowest BCUT2D eigenvalue weighted by Gasteiger charge is -2.28. The third-order valence-electron chi connectivity index (χ3n) is 3.41. The Balaban J connectivity index is 2.01. The van der Waals surface area contributed by atoms with Crippen molar-refractivity contribution in [1.29, 1.82) is 0 Å². The van der Waals surface area contributed by atoms with E-state index in [1.54, 1.807) is 18.2 Å². The standard InChI is InChI=1S/C15H22N2O3/c1-3-19-14-9-11(8-12(16)10-14)15(18)20-13-4-6-17(2)7-5-13/h8-10,13H,3-7,16H2,1-2H3. The van der Waals surface area contributed by atoms with E-state index in [9.17, 15) is 4.79 Å². The Morgan fingerprint density at radius 1 is 1.35 bits per heavy atom. The molecular formula is C15H22N2O3. The van der Waals surface area contributed by atoms with Crippen molar-refractivity contribution in [2.75, 3.05) is 32.5 Å². The summed E-state index contributed by atoms with van der Waals surface area (Å²) in [4.78, 5) is 14.4. The van der Waals surface area contributed by atoms with Gasteiger partial charge < -0.3 is 20.1 Å². The summed E-state index contributed by atoms with van der Waals surface area (Å²) in [5, 5.41) is 0. The van der Waals surface area contributed by atoms with Gasteiger partial charge >= 0.3 is 5.97 Å². The van der Waals surface area contributed by atoms with Gasteiger partial charge in [0.05, 0.1) is 12.2 Å². The number of nitrogens with two attached hydrogens (primary N) is 1. The van der Waals surface area contributed by atoms with Crippen molar-refractivity contribution in [2.45, 2.75) is 25.9 Å². The van der Waals surface area contributed by atoms with Crippen LogP contribution in [0.3, 0.4) is 0 Å². The van der Waals surface area contributed by atoms with E-state index in [1.165, 1.54) is 0 Å². The molecule has 20 heavy (non-hydrogen) atoms. The van der Waals surface area contributed by atoms with E-state index in [4.69, 9.17) is 15.2 Å². The Bertz CT molecular complexity index is 468. The average Bonchev–Trinajstić information content (AvgIpc) is 2.41. The minimum absolute atomic E-state index is 0.00401. The van der Waals surface area contributed by atoms with Crippen LogP contribution in [-0.2, 0) is 4.74 Å². The van der Waals surface area contributed by atoms with Gasteiger partial charge in [-0.15, -0.1) is 0 Å². The summed E-state index contributed by atoms with van der Waals surface area (Å²) in [6.45, 7) is 4.34. The van der Waals surface area contributed by atoms with E-state index in [1.807, 2.05) is 6.92 Å². The fourth-order valence-electron chi connectivity index (χ4n) is 2.31. The normalized spacial score (nSPS) is 16.9. The second-order valence-electron chi connectivity index (χ2n) is 5.13. The Morgan fingerprint density at radius 3 is 2.70 bits per heavy atom. The fourth-order valence-corrected chi connectivity index (χ4v) is 2.31. The number of benzene rings is 1. The minimum Gasteiger partial charge on any atom is -0.494 e. The predicted molar refractivity (Wildman–Crippen MR) is 78.0 cm³/mol. The Kier molecular flexibility index (Phi) is 4.84. The number of anilines is 1. The number of nitrogens with zero attached hydrogens (tertiary/aromatic N) is 1. The average molecular weight is 278 g/mol. The van der Waals surface area contributed by atoms with Crippen LogP contribution in [0.4, 0.5) is 5.69 Å². The highest BCUT2D eigenvalue weighted by atomic mass is 16.5. The Morgan fingerprint density at radius 2 is 2.05 bits per heavy atom. The van der Waals surface area contributed by atoms with Crippen LogP contribution in [0, 0.1) is 0 Å². The highest BCUT2D eigenvalue weighted by molar-refractivity contribution is 5.91. The molecule has 0 saturated carbocycles. The van der Waals surface area contributed by atoms with Crippen LogP contribution in [0.5, 0.6) is 5.75 Å². The lowest BCUT2D eigenvalue weighted by atomic mass is 10.1. The van der Waals surface area contributed by atoms with Crippen LogP contribution in [0.25, 0.3) is 0 Å². The van der Waals surface area contributed by atoms with Crippen molar-refractivity contribution in [3.8, 4) is 5.75 Å². The van der Waals surface area contributed by atoms with E-state index < -0.39 is 0 Å². The molecule has 1 aromatic rings. The SMILES string of the molecule is CCOc1cc(N)cc(C(=O)OC2CCN(C)CC2)c1. The van der Waals surface area contributed by atoms with Gasteiger partial charge in [0.1, 0.15) is 11.9 Å². The number of nitrogen functional groups attached to an aromatic ring is 1. The number of carbonyl (C=O) groups excluding carboxylic acids is 1. The van der Waals surface area contributed by atoms with Gasteiger partial charge in [0.15, 0.2) is 0 Å². The second-order valence-corrected chi connectivity index (χ2v) is 5.13. The zero-order valence-electron chi connectivity index (χ0n) is 12.1. The summed E-state index contributed by atoms with van der Waals surface area (Å²) in [6.07, 6.45) is 1.75. The van der Waals surface area contributed by atoms with Gasteiger partial charge in [0.2, 0.25) is 0 Å². The molecule has 0 bridgehead atoms. The topological polar surface area (TPSA) is 64.8 Å². The quantitative estimate of drug-likeness (QED) is 0.673. The zero-order valence-corrected chi connectivity index (χ0v) is 12.1. The molecule has 0 spiro atoms. The summed E-state index contributed by atoms with van der Waals surface area (Å²) < 4.78 is 10.9. The molecule has 0 atom stereocenters. The molecule has 1 aliphatic heterocycles. The molecule has 0 aliphatic carbocycles. The van der Waals surface area contributed by atoms with Gasteiger partial charge in [-0.1, -0.05) is 0 Å². The maximum atomic E-state index is 12.2. The minimum atomic E-state index is -0.326. The van der Waals surface area contributed by atoms with Crippen LogP contribution in [0.1, 0.15) is 30.1 Å². The molecule has 0 aromatic heterocycles. The molecule has 1 saturated heterocycles. The molecular weight excluding hydrogens is 256 g/mol. The number of hydrogen-bond donors (Lipinski definition) is 1. The fraction of sp³-hybridized carbons (Fsp3) is 0.533. The summed E-state index contributed by atoms with van der Waals surface area (Å²) in [7, 11) is 2.07. The highest BCUT2D eigenvalue weighted by Gasteiger charge is 2.21. The third-order valence-corrected chi connectivity index (χ3v) is 3.41. The second kappa shape index (κ2) is 6.61. The van der Waals surface area contributed by atoms with Crippen molar-refractivity contribution in [2.24, 2.45) is 0 Å². The van der Waals surface area contributed by atoms with Crippen LogP contribution in [-0.4, -0.2) is 43.7 Å². The summed E-state index contributed by atoms with van der Waals surface area (Å²) >= 11 is 0. The van der Waals surface area contributed by atoms with E-state index in [0.29, 0.717) is 23.6 Å². The van der Waals surface area contributed by atoms with Gasteiger partial charge in [-0.3, -0.25) is 0 Å². The van der Waals surface area contributed by atoms with Crippen LogP contribution < -0.4 is 10.5 Å². The molecule has 5 heteroatoms. The van der Waals surface area contributed by atoms with Gasteiger partial charge in [0.25, 0.3) is 0 Å². The summed E-state index contributed by atoms with van der Waals surface area (Å²) in [6, 6.07) is 5.01. The van der Waals surface area contributed by atoms with Crippen molar-refractivity contribution < 1.29 is 14.3 Å². The molecule has 1 aromatic carbocycles. The molecule has 0 radical (unpaired) electrons. The molecule has 1 aliphatic rings. The first-order valence-electron chi connectivity index (χ1n) is 7.01. The van der Waals surface area contributed by atoms with E-state index in [2.05, 4.69) is 11.9 Å². The van der Waals surface area contributed by atoms with Gasteiger partial charge in [-0.2, -0.15) is 0 Å². The number of piperidine rings is 1. The molecule has 0 amide bonds. The lowest BCUT2D eigenvalue weighted by Crippen LogP contribution is -2.35. The van der Waals surface area contributed by atoms with E-state index in [0.717, 1.165) is 25.9 Å². The van der Waals surface area contributed by atoms with E-state index in [-0.39, 0.29) is 12.1 Å². The van der Waals surface area contributed by atoms with E-state index >= 15 is 0 Å². The molecule has 1 heterocycles. The maximum absolute atomic E-state index is 12.2. The molecule has 5 nitrogen and oxygen atoms in total. The number of esters is 1. The Labute approximate surface area is 119 Å². The zero-order chi connectivity index (χ0) is 14.5. The Hall–Kier alpha value is -1.75. The maximum Gasteiger partial charge on any atom is 0.338 e. The van der Waals surface area contributed by atoms with Gasteiger partial charge in [-0.05, 0) is 38.9 Å². The van der Waals surface area contributed by atoms with Gasteiger partial charge in [0, 0.05) is 24.8 Å². The first-order chi connectivity index (χ1) is 9.58. The van der Waals surface area contributed by atoms with Crippen molar-refractivity contribution >= 4 is 11.7 Å². The number of rotatable bonds is 4.